The third kappa shape index (κ3) is 3.75. The van der Waals surface area contributed by atoms with Gasteiger partial charge in [0.1, 0.15) is 5.75 Å². The van der Waals surface area contributed by atoms with Crippen LogP contribution >= 0.6 is 0 Å². The predicted molar refractivity (Wildman–Crippen MR) is 84.4 cm³/mol. The maximum absolute atomic E-state index is 12.4. The van der Waals surface area contributed by atoms with Gasteiger partial charge in [-0.05, 0) is 48.4 Å². The lowest BCUT2D eigenvalue weighted by molar-refractivity contribution is 0.0785. The van der Waals surface area contributed by atoms with Crippen LogP contribution in [0, 0.1) is 6.92 Å². The fraction of sp³-hybridized carbons (Fsp3) is 0.235. The van der Waals surface area contributed by atoms with E-state index in [1.54, 1.807) is 25.1 Å². The average molecular weight is 284 g/mol. The average Bonchev–Trinajstić information content (AvgIpc) is 2.45. The van der Waals surface area contributed by atoms with E-state index in [4.69, 9.17) is 10.5 Å². The van der Waals surface area contributed by atoms with Crippen LogP contribution in [0.1, 0.15) is 21.5 Å². The van der Waals surface area contributed by atoms with Crippen molar-refractivity contribution >= 4 is 11.6 Å². The smallest absolute Gasteiger partial charge is 0.253 e. The maximum Gasteiger partial charge on any atom is 0.253 e. The minimum Gasteiger partial charge on any atom is -0.497 e. The molecule has 0 saturated carbocycles. The minimum atomic E-state index is -0.0479. The van der Waals surface area contributed by atoms with Gasteiger partial charge in [-0.1, -0.05) is 12.1 Å². The minimum absolute atomic E-state index is 0.0479. The Balaban J connectivity index is 2.15. The van der Waals surface area contributed by atoms with E-state index >= 15 is 0 Å². The lowest BCUT2D eigenvalue weighted by Gasteiger charge is -2.18. The number of nitrogens with zero attached hydrogens (tertiary/aromatic N) is 1. The molecule has 0 aromatic heterocycles. The molecule has 0 aliphatic carbocycles. The summed E-state index contributed by atoms with van der Waals surface area (Å²) in [6.45, 7) is 2.44. The van der Waals surface area contributed by atoms with Crippen LogP contribution in [-0.4, -0.2) is 25.0 Å². The summed E-state index contributed by atoms with van der Waals surface area (Å²) in [6.07, 6.45) is 0. The summed E-state index contributed by atoms with van der Waals surface area (Å²) in [6, 6.07) is 13.1. The predicted octanol–water partition coefficient (Wildman–Crippen LogP) is 2.86. The van der Waals surface area contributed by atoms with Crippen LogP contribution in [0.5, 0.6) is 5.75 Å². The Morgan fingerprint density at radius 1 is 1.24 bits per heavy atom. The van der Waals surface area contributed by atoms with Crippen LogP contribution in [0.3, 0.4) is 0 Å². The van der Waals surface area contributed by atoms with Crippen LogP contribution in [0.2, 0.25) is 0 Å². The molecule has 4 nitrogen and oxygen atoms in total. The molecular weight excluding hydrogens is 264 g/mol. The molecule has 0 radical (unpaired) electrons. The number of benzene rings is 2. The molecule has 0 saturated heterocycles. The Morgan fingerprint density at radius 3 is 2.67 bits per heavy atom. The Bertz CT molecular complexity index is 633. The first kappa shape index (κ1) is 14.9. The van der Waals surface area contributed by atoms with Gasteiger partial charge < -0.3 is 15.4 Å². The number of nitrogens with two attached hydrogens (primary N) is 1. The molecule has 0 aliphatic rings. The molecule has 2 aromatic rings. The van der Waals surface area contributed by atoms with Gasteiger partial charge >= 0.3 is 0 Å². The Hall–Kier alpha value is -2.49. The molecule has 0 bridgehead atoms. The maximum atomic E-state index is 12.4. The van der Waals surface area contributed by atoms with Crippen LogP contribution < -0.4 is 10.5 Å². The van der Waals surface area contributed by atoms with Gasteiger partial charge in [0.05, 0.1) is 7.11 Å². The second-order valence-electron chi connectivity index (χ2n) is 5.15. The monoisotopic (exact) mass is 284 g/mol. The number of aryl methyl sites for hydroxylation is 1. The normalized spacial score (nSPS) is 10.2. The van der Waals surface area contributed by atoms with Gasteiger partial charge in [0.2, 0.25) is 0 Å². The molecule has 0 fully saturated rings. The van der Waals surface area contributed by atoms with Crippen molar-refractivity contribution < 1.29 is 9.53 Å². The zero-order chi connectivity index (χ0) is 15.4. The summed E-state index contributed by atoms with van der Waals surface area (Å²) >= 11 is 0. The Kier molecular flexibility index (Phi) is 4.48. The molecular formula is C17H20N2O2. The van der Waals surface area contributed by atoms with E-state index in [9.17, 15) is 4.79 Å². The molecule has 0 spiro atoms. The lowest BCUT2D eigenvalue weighted by atomic mass is 10.1. The highest BCUT2D eigenvalue weighted by Crippen LogP contribution is 2.17. The highest BCUT2D eigenvalue weighted by atomic mass is 16.5. The molecule has 21 heavy (non-hydrogen) atoms. The number of hydrogen-bond donors (Lipinski definition) is 1. The Labute approximate surface area is 125 Å². The molecule has 0 aliphatic heterocycles. The summed E-state index contributed by atoms with van der Waals surface area (Å²) < 4.78 is 5.19. The van der Waals surface area contributed by atoms with Crippen molar-refractivity contribution in [2.75, 3.05) is 19.9 Å². The van der Waals surface area contributed by atoms with E-state index in [1.807, 2.05) is 43.3 Å². The van der Waals surface area contributed by atoms with Crippen molar-refractivity contribution in [1.82, 2.24) is 4.90 Å². The van der Waals surface area contributed by atoms with Gasteiger partial charge in [-0.15, -0.1) is 0 Å². The van der Waals surface area contributed by atoms with Crippen molar-refractivity contribution in [2.45, 2.75) is 13.5 Å². The molecule has 0 atom stereocenters. The van der Waals surface area contributed by atoms with E-state index in [0.717, 1.165) is 16.9 Å². The number of carbonyl (C=O) groups excluding carboxylic acids is 1. The standard InChI is InChI=1S/C17H20N2O2/c1-12-7-14(10-15(18)8-12)17(20)19(2)11-13-5-4-6-16(9-13)21-3/h4-10H,11,18H2,1-3H3. The van der Waals surface area contributed by atoms with Crippen LogP contribution in [0.4, 0.5) is 5.69 Å². The first-order valence-corrected chi connectivity index (χ1v) is 6.75. The van der Waals surface area contributed by atoms with E-state index in [2.05, 4.69) is 0 Å². The molecule has 0 unspecified atom stereocenters. The number of nitrogen functional groups attached to an aromatic ring is 1. The molecule has 4 heteroatoms. The lowest BCUT2D eigenvalue weighted by Crippen LogP contribution is -2.26. The first-order valence-electron chi connectivity index (χ1n) is 6.75. The summed E-state index contributed by atoms with van der Waals surface area (Å²) in [5.74, 6) is 0.737. The van der Waals surface area contributed by atoms with Gasteiger partial charge in [-0.3, -0.25) is 4.79 Å². The molecule has 2 aromatic carbocycles. The number of anilines is 1. The third-order valence-electron chi connectivity index (χ3n) is 3.25. The number of rotatable bonds is 4. The van der Waals surface area contributed by atoms with Gasteiger partial charge in [-0.2, -0.15) is 0 Å². The zero-order valence-electron chi connectivity index (χ0n) is 12.6. The molecule has 2 N–H and O–H groups in total. The van der Waals surface area contributed by atoms with Crippen molar-refractivity contribution in [3.05, 3.63) is 59.2 Å². The van der Waals surface area contributed by atoms with Gasteiger partial charge in [-0.25, -0.2) is 0 Å². The second-order valence-corrected chi connectivity index (χ2v) is 5.15. The van der Waals surface area contributed by atoms with Gasteiger partial charge in [0, 0.05) is 24.8 Å². The summed E-state index contributed by atoms with van der Waals surface area (Å²) in [4.78, 5) is 14.1. The largest absolute Gasteiger partial charge is 0.497 e. The topological polar surface area (TPSA) is 55.6 Å². The number of amides is 1. The number of methoxy groups -OCH3 is 1. The zero-order valence-corrected chi connectivity index (χ0v) is 12.6. The van der Waals surface area contributed by atoms with Crippen LogP contribution in [0.15, 0.2) is 42.5 Å². The SMILES string of the molecule is COc1cccc(CN(C)C(=O)c2cc(C)cc(N)c2)c1. The fourth-order valence-corrected chi connectivity index (χ4v) is 2.27. The third-order valence-corrected chi connectivity index (χ3v) is 3.25. The Morgan fingerprint density at radius 2 is 2.00 bits per heavy atom. The summed E-state index contributed by atoms with van der Waals surface area (Å²) in [5.41, 5.74) is 9.01. The van der Waals surface area contributed by atoms with Crippen molar-refractivity contribution in [2.24, 2.45) is 0 Å². The van der Waals surface area contributed by atoms with Gasteiger partial charge in [0.25, 0.3) is 5.91 Å². The summed E-state index contributed by atoms with van der Waals surface area (Å²) in [5, 5.41) is 0. The number of ether oxygens (including phenoxy) is 1. The molecule has 0 heterocycles. The van der Waals surface area contributed by atoms with Crippen molar-refractivity contribution in [1.29, 1.82) is 0 Å². The number of carbonyl (C=O) groups is 1. The first-order chi connectivity index (χ1) is 9.99. The van der Waals surface area contributed by atoms with Crippen LogP contribution in [-0.2, 0) is 6.54 Å². The molecule has 110 valence electrons. The second kappa shape index (κ2) is 6.31. The van der Waals surface area contributed by atoms with Crippen molar-refractivity contribution in [3.8, 4) is 5.75 Å². The van der Waals surface area contributed by atoms with E-state index < -0.39 is 0 Å². The molecule has 2 rings (SSSR count). The van der Waals surface area contributed by atoms with E-state index in [0.29, 0.717) is 17.8 Å². The van der Waals surface area contributed by atoms with Gasteiger partial charge in [0.15, 0.2) is 0 Å². The highest BCUT2D eigenvalue weighted by Gasteiger charge is 2.13. The van der Waals surface area contributed by atoms with E-state index in [1.165, 1.54) is 0 Å². The molecule has 1 amide bonds. The van der Waals surface area contributed by atoms with E-state index in [-0.39, 0.29) is 5.91 Å². The summed E-state index contributed by atoms with van der Waals surface area (Å²) in [7, 11) is 3.41. The highest BCUT2D eigenvalue weighted by molar-refractivity contribution is 5.95. The van der Waals surface area contributed by atoms with Crippen LogP contribution in [0.25, 0.3) is 0 Å². The quantitative estimate of drug-likeness (QED) is 0.878. The number of hydrogen-bond acceptors (Lipinski definition) is 3. The van der Waals surface area contributed by atoms with Crippen molar-refractivity contribution in [3.63, 3.8) is 0 Å². The fourth-order valence-electron chi connectivity index (χ4n) is 2.27.